The van der Waals surface area contributed by atoms with Crippen LogP contribution in [0.2, 0.25) is 0 Å². The molecule has 0 saturated heterocycles. The number of hydrogen-bond acceptors (Lipinski definition) is 2. The number of hydrogen-bond donors (Lipinski definition) is 1. The average Bonchev–Trinajstić information content (AvgIpc) is 2.43. The first-order valence-corrected chi connectivity index (χ1v) is 3.71. The lowest BCUT2D eigenvalue weighted by atomic mass is 10.2. The zero-order valence-electron chi connectivity index (χ0n) is 7.51. The molecule has 1 aromatic heterocycles. The van der Waals surface area contributed by atoms with Crippen LogP contribution in [0.25, 0.3) is 0 Å². The normalized spacial score (nSPS) is 10.7. The number of alkyl halides is 2. The van der Waals surface area contributed by atoms with Crippen molar-refractivity contribution in [2.24, 2.45) is 7.05 Å². The summed E-state index contributed by atoms with van der Waals surface area (Å²) in [7, 11) is 2.37. The standard InChI is InChI=1S/C7H8F3N3O/c1-11-7(14)3-4(5(8)9)12-13(2)6(3)10/h5H,1-2H3,(H,11,14). The highest BCUT2D eigenvalue weighted by atomic mass is 19.3. The Labute approximate surface area is 77.7 Å². The SMILES string of the molecule is CNC(=O)c1c(C(F)F)nn(C)c1F. The highest BCUT2D eigenvalue weighted by Gasteiger charge is 2.27. The van der Waals surface area contributed by atoms with Crippen LogP contribution in [0.1, 0.15) is 22.5 Å². The Morgan fingerprint density at radius 3 is 2.57 bits per heavy atom. The average molecular weight is 207 g/mol. The fraction of sp³-hybridized carbons (Fsp3) is 0.429. The Kier molecular flexibility index (Phi) is 2.78. The summed E-state index contributed by atoms with van der Waals surface area (Å²) in [5, 5.41) is 5.27. The highest BCUT2D eigenvalue weighted by molar-refractivity contribution is 5.95. The number of aryl methyl sites for hydroxylation is 1. The minimum atomic E-state index is -2.97. The zero-order valence-corrected chi connectivity index (χ0v) is 7.51. The van der Waals surface area contributed by atoms with E-state index >= 15 is 0 Å². The zero-order chi connectivity index (χ0) is 10.9. The second-order valence-electron chi connectivity index (χ2n) is 2.55. The summed E-state index contributed by atoms with van der Waals surface area (Å²) in [5.41, 5.74) is -1.55. The molecule has 1 rings (SSSR count). The number of halogens is 3. The lowest BCUT2D eigenvalue weighted by molar-refractivity contribution is 0.0943. The van der Waals surface area contributed by atoms with E-state index in [1.165, 1.54) is 7.05 Å². The second-order valence-corrected chi connectivity index (χ2v) is 2.55. The maximum Gasteiger partial charge on any atom is 0.283 e. The quantitative estimate of drug-likeness (QED) is 0.781. The molecule has 1 amide bonds. The van der Waals surface area contributed by atoms with Gasteiger partial charge in [-0.1, -0.05) is 0 Å². The topological polar surface area (TPSA) is 46.9 Å². The molecule has 0 fully saturated rings. The van der Waals surface area contributed by atoms with Gasteiger partial charge < -0.3 is 5.32 Å². The van der Waals surface area contributed by atoms with Crippen LogP contribution in [0.3, 0.4) is 0 Å². The Balaban J connectivity index is 3.30. The first-order valence-electron chi connectivity index (χ1n) is 3.71. The van der Waals surface area contributed by atoms with Crippen molar-refractivity contribution in [3.05, 3.63) is 17.2 Å². The van der Waals surface area contributed by atoms with Gasteiger partial charge in [-0.2, -0.15) is 9.49 Å². The van der Waals surface area contributed by atoms with Crippen molar-refractivity contribution in [1.29, 1.82) is 0 Å². The summed E-state index contributed by atoms with van der Waals surface area (Å²) >= 11 is 0. The van der Waals surface area contributed by atoms with Crippen molar-refractivity contribution in [2.75, 3.05) is 7.05 Å². The molecule has 1 N–H and O–H groups in total. The largest absolute Gasteiger partial charge is 0.355 e. The summed E-state index contributed by atoms with van der Waals surface area (Å²) in [4.78, 5) is 11.0. The third kappa shape index (κ3) is 1.57. The number of nitrogens with one attached hydrogen (secondary N) is 1. The van der Waals surface area contributed by atoms with Gasteiger partial charge in [-0.25, -0.2) is 13.5 Å². The molecule has 0 aliphatic rings. The van der Waals surface area contributed by atoms with Crippen molar-refractivity contribution in [2.45, 2.75) is 6.43 Å². The number of aromatic nitrogens is 2. The Hall–Kier alpha value is -1.53. The molecular weight excluding hydrogens is 199 g/mol. The number of rotatable bonds is 2. The number of amides is 1. The molecule has 1 heterocycles. The maximum atomic E-state index is 13.1. The van der Waals surface area contributed by atoms with Crippen molar-refractivity contribution in [1.82, 2.24) is 15.1 Å². The molecular formula is C7H8F3N3O. The van der Waals surface area contributed by atoms with E-state index in [2.05, 4.69) is 10.4 Å². The van der Waals surface area contributed by atoms with Gasteiger partial charge in [-0.3, -0.25) is 4.79 Å². The molecule has 14 heavy (non-hydrogen) atoms. The Morgan fingerprint density at radius 1 is 1.57 bits per heavy atom. The molecule has 0 bridgehead atoms. The van der Waals surface area contributed by atoms with Gasteiger partial charge in [-0.05, 0) is 0 Å². The van der Waals surface area contributed by atoms with E-state index in [-0.39, 0.29) is 0 Å². The molecule has 0 aliphatic carbocycles. The Morgan fingerprint density at radius 2 is 2.14 bits per heavy atom. The van der Waals surface area contributed by atoms with E-state index in [1.54, 1.807) is 0 Å². The molecule has 0 unspecified atom stereocenters. The molecule has 78 valence electrons. The van der Waals surface area contributed by atoms with Crippen LogP contribution in [-0.4, -0.2) is 22.7 Å². The monoisotopic (exact) mass is 207 g/mol. The third-order valence-electron chi connectivity index (χ3n) is 1.67. The molecule has 0 saturated carbocycles. The van der Waals surface area contributed by atoms with Crippen LogP contribution < -0.4 is 5.32 Å². The van der Waals surface area contributed by atoms with Gasteiger partial charge in [0.15, 0.2) is 0 Å². The van der Waals surface area contributed by atoms with Gasteiger partial charge in [0, 0.05) is 14.1 Å². The van der Waals surface area contributed by atoms with E-state index in [0.29, 0.717) is 4.68 Å². The first-order chi connectivity index (χ1) is 6.49. The van der Waals surface area contributed by atoms with Crippen LogP contribution >= 0.6 is 0 Å². The molecule has 0 aliphatic heterocycles. The van der Waals surface area contributed by atoms with Gasteiger partial charge in [0.05, 0.1) is 0 Å². The van der Waals surface area contributed by atoms with Crippen molar-refractivity contribution >= 4 is 5.91 Å². The maximum absolute atomic E-state index is 13.1. The van der Waals surface area contributed by atoms with Gasteiger partial charge in [0.2, 0.25) is 5.95 Å². The van der Waals surface area contributed by atoms with Gasteiger partial charge in [0.25, 0.3) is 12.3 Å². The van der Waals surface area contributed by atoms with E-state index in [0.717, 1.165) is 7.05 Å². The molecule has 0 aromatic carbocycles. The lowest BCUT2D eigenvalue weighted by Crippen LogP contribution is -2.20. The molecule has 0 atom stereocenters. The third-order valence-corrected chi connectivity index (χ3v) is 1.67. The molecule has 0 spiro atoms. The summed E-state index contributed by atoms with van der Waals surface area (Å²) in [6.45, 7) is 0. The number of carbonyl (C=O) groups is 1. The molecule has 0 radical (unpaired) electrons. The fourth-order valence-electron chi connectivity index (χ4n) is 1.01. The molecule has 4 nitrogen and oxygen atoms in total. The molecule has 7 heteroatoms. The highest BCUT2D eigenvalue weighted by Crippen LogP contribution is 2.23. The smallest absolute Gasteiger partial charge is 0.283 e. The first kappa shape index (κ1) is 10.6. The van der Waals surface area contributed by atoms with E-state index in [1.807, 2.05) is 0 Å². The summed E-state index contributed by atoms with van der Waals surface area (Å²) < 4.78 is 38.3. The van der Waals surface area contributed by atoms with Gasteiger partial charge >= 0.3 is 0 Å². The summed E-state index contributed by atoms with van der Waals surface area (Å²) in [5.74, 6) is -1.98. The number of nitrogens with zero attached hydrogens (tertiary/aromatic N) is 2. The van der Waals surface area contributed by atoms with E-state index in [9.17, 15) is 18.0 Å². The molecule has 1 aromatic rings. The van der Waals surface area contributed by atoms with Crippen molar-refractivity contribution < 1.29 is 18.0 Å². The van der Waals surface area contributed by atoms with Gasteiger partial charge in [-0.15, -0.1) is 0 Å². The minimum absolute atomic E-state index is 0.603. The second kappa shape index (κ2) is 3.69. The minimum Gasteiger partial charge on any atom is -0.355 e. The fourth-order valence-corrected chi connectivity index (χ4v) is 1.01. The lowest BCUT2D eigenvalue weighted by Gasteiger charge is -1.98. The van der Waals surface area contributed by atoms with Crippen LogP contribution in [0.15, 0.2) is 0 Å². The van der Waals surface area contributed by atoms with Crippen LogP contribution in [0.4, 0.5) is 13.2 Å². The van der Waals surface area contributed by atoms with E-state index < -0.39 is 29.5 Å². The summed E-state index contributed by atoms with van der Waals surface area (Å²) in [6, 6.07) is 0. The van der Waals surface area contributed by atoms with Crippen molar-refractivity contribution in [3.8, 4) is 0 Å². The van der Waals surface area contributed by atoms with Gasteiger partial charge in [0.1, 0.15) is 11.3 Å². The Bertz CT molecular complexity index is 361. The predicted octanol–water partition coefficient (Wildman–Crippen LogP) is 0.856. The summed E-state index contributed by atoms with van der Waals surface area (Å²) in [6.07, 6.45) is -2.97. The van der Waals surface area contributed by atoms with Crippen LogP contribution in [0, 0.1) is 5.95 Å². The van der Waals surface area contributed by atoms with Crippen LogP contribution in [0.5, 0.6) is 0 Å². The van der Waals surface area contributed by atoms with E-state index in [4.69, 9.17) is 0 Å². The van der Waals surface area contributed by atoms with Crippen molar-refractivity contribution in [3.63, 3.8) is 0 Å². The number of carbonyl (C=O) groups excluding carboxylic acids is 1. The van der Waals surface area contributed by atoms with Crippen LogP contribution in [-0.2, 0) is 7.05 Å². The predicted molar refractivity (Wildman–Crippen MR) is 41.5 cm³/mol.